The van der Waals surface area contributed by atoms with Gasteiger partial charge in [0.15, 0.2) is 0 Å². The lowest BCUT2D eigenvalue weighted by Crippen LogP contribution is -2.38. The lowest BCUT2D eigenvalue weighted by molar-refractivity contribution is -0.133. The van der Waals surface area contributed by atoms with Gasteiger partial charge in [0.05, 0.1) is 5.69 Å². The Balaban J connectivity index is 2.71. The fourth-order valence-electron chi connectivity index (χ4n) is 0.747. The van der Waals surface area contributed by atoms with Gasteiger partial charge < -0.3 is 10.1 Å². The normalized spacial score (nSPS) is 11.4. The summed E-state index contributed by atoms with van der Waals surface area (Å²) in [6.45, 7) is 3.39. The summed E-state index contributed by atoms with van der Waals surface area (Å²) in [7, 11) is 1.49. The molecule has 0 bridgehead atoms. The maximum absolute atomic E-state index is 11.6. The smallest absolute Gasteiger partial charge is 0.256 e. The van der Waals surface area contributed by atoms with Gasteiger partial charge in [-0.2, -0.15) is 0 Å². The first-order valence-electron chi connectivity index (χ1n) is 4.07. The van der Waals surface area contributed by atoms with Gasteiger partial charge in [0.2, 0.25) is 0 Å². The van der Waals surface area contributed by atoms with Gasteiger partial charge in [-0.25, -0.2) is 0 Å². The average Bonchev–Trinajstić information content (AvgIpc) is 2.52. The van der Waals surface area contributed by atoms with Crippen LogP contribution in [0.5, 0.6) is 0 Å². The molecule has 0 radical (unpaired) electrons. The van der Waals surface area contributed by atoms with Crippen molar-refractivity contribution in [2.45, 2.75) is 19.4 Å². The molecule has 0 spiro atoms. The van der Waals surface area contributed by atoms with Gasteiger partial charge in [-0.15, -0.1) is 11.3 Å². The van der Waals surface area contributed by atoms with E-state index in [1.807, 2.05) is 5.38 Å². The Morgan fingerprint density at radius 1 is 1.64 bits per heavy atom. The Morgan fingerprint density at radius 3 is 2.71 bits per heavy atom. The number of carbonyl (C=O) groups excluding carboxylic acids is 1. The van der Waals surface area contributed by atoms with E-state index in [1.165, 1.54) is 18.4 Å². The van der Waals surface area contributed by atoms with Crippen LogP contribution >= 0.6 is 22.9 Å². The minimum absolute atomic E-state index is 0.208. The van der Waals surface area contributed by atoms with Crippen LogP contribution in [-0.2, 0) is 9.53 Å². The lowest BCUT2D eigenvalue weighted by Gasteiger charge is -2.21. The maximum Gasteiger partial charge on any atom is 0.256 e. The van der Waals surface area contributed by atoms with E-state index in [-0.39, 0.29) is 5.91 Å². The zero-order valence-corrected chi connectivity index (χ0v) is 9.83. The van der Waals surface area contributed by atoms with E-state index >= 15 is 0 Å². The molecule has 0 unspecified atom stereocenters. The molecule has 0 atom stereocenters. The third-order valence-corrected chi connectivity index (χ3v) is 3.09. The van der Waals surface area contributed by atoms with Crippen molar-refractivity contribution in [3.8, 4) is 0 Å². The number of ether oxygens (including phenoxy) is 1. The Bertz CT molecular complexity index is 335. The zero-order chi connectivity index (χ0) is 10.8. The van der Waals surface area contributed by atoms with Crippen molar-refractivity contribution in [2.24, 2.45) is 0 Å². The summed E-state index contributed by atoms with van der Waals surface area (Å²) in [5, 5.41) is 4.51. The average molecular weight is 234 g/mol. The number of hydrogen-bond donors (Lipinski definition) is 1. The van der Waals surface area contributed by atoms with Crippen molar-refractivity contribution in [3.63, 3.8) is 0 Å². The Labute approximate surface area is 92.0 Å². The van der Waals surface area contributed by atoms with Gasteiger partial charge in [0, 0.05) is 7.11 Å². The van der Waals surface area contributed by atoms with Crippen molar-refractivity contribution in [2.75, 3.05) is 12.4 Å². The van der Waals surface area contributed by atoms with E-state index in [0.29, 0.717) is 10.0 Å². The standard InChI is InChI=1S/C9H12ClNO2S/c1-9(2,13-3)8(12)11-6-4-5-14-7(6)10/h4-5H,1-3H3,(H,11,12). The number of methoxy groups -OCH3 is 1. The highest BCUT2D eigenvalue weighted by Crippen LogP contribution is 2.28. The molecule has 1 N–H and O–H groups in total. The van der Waals surface area contributed by atoms with Gasteiger partial charge in [0.25, 0.3) is 5.91 Å². The van der Waals surface area contributed by atoms with Crippen molar-refractivity contribution in [3.05, 3.63) is 15.8 Å². The Kier molecular flexibility index (Phi) is 3.53. The van der Waals surface area contributed by atoms with E-state index < -0.39 is 5.60 Å². The quantitative estimate of drug-likeness (QED) is 0.872. The second kappa shape index (κ2) is 4.29. The molecule has 0 aliphatic carbocycles. The second-order valence-corrected chi connectivity index (χ2v) is 4.79. The number of carbonyl (C=O) groups is 1. The molecule has 0 aromatic carbocycles. The first-order chi connectivity index (χ1) is 6.47. The SMILES string of the molecule is COC(C)(C)C(=O)Nc1ccsc1Cl. The van der Waals surface area contributed by atoms with Crippen molar-refractivity contribution < 1.29 is 9.53 Å². The van der Waals surface area contributed by atoms with E-state index in [1.54, 1.807) is 19.9 Å². The molecule has 5 heteroatoms. The molecule has 0 aliphatic heterocycles. The second-order valence-electron chi connectivity index (χ2n) is 3.28. The van der Waals surface area contributed by atoms with Crippen LogP contribution in [0.25, 0.3) is 0 Å². The van der Waals surface area contributed by atoms with Crippen molar-refractivity contribution >= 4 is 34.5 Å². The number of nitrogens with one attached hydrogen (secondary N) is 1. The third kappa shape index (κ3) is 2.47. The van der Waals surface area contributed by atoms with Crippen LogP contribution < -0.4 is 5.32 Å². The van der Waals surface area contributed by atoms with Crippen LogP contribution in [0.4, 0.5) is 5.69 Å². The molecule has 0 saturated carbocycles. The fraction of sp³-hybridized carbons (Fsp3) is 0.444. The van der Waals surface area contributed by atoms with Crippen molar-refractivity contribution in [1.29, 1.82) is 0 Å². The highest BCUT2D eigenvalue weighted by molar-refractivity contribution is 7.15. The molecule has 3 nitrogen and oxygen atoms in total. The minimum atomic E-state index is -0.842. The summed E-state index contributed by atoms with van der Waals surface area (Å²) in [5.74, 6) is -0.208. The summed E-state index contributed by atoms with van der Waals surface area (Å²) in [6, 6.07) is 1.76. The molecule has 1 rings (SSSR count). The predicted octanol–water partition coefficient (Wildman–Crippen LogP) is 2.77. The molecule has 14 heavy (non-hydrogen) atoms. The molecule has 78 valence electrons. The molecule has 0 saturated heterocycles. The number of rotatable bonds is 3. The number of amides is 1. The third-order valence-electron chi connectivity index (χ3n) is 1.92. The van der Waals surface area contributed by atoms with Gasteiger partial charge in [0.1, 0.15) is 9.94 Å². The molecular weight excluding hydrogens is 222 g/mol. The van der Waals surface area contributed by atoms with Gasteiger partial charge in [-0.05, 0) is 25.3 Å². The fourth-order valence-corrected chi connectivity index (χ4v) is 1.58. The van der Waals surface area contributed by atoms with Gasteiger partial charge >= 0.3 is 0 Å². The van der Waals surface area contributed by atoms with Crippen LogP contribution in [-0.4, -0.2) is 18.6 Å². The minimum Gasteiger partial charge on any atom is -0.369 e. The predicted molar refractivity (Wildman–Crippen MR) is 59.0 cm³/mol. The molecule has 0 aliphatic rings. The van der Waals surface area contributed by atoms with Crippen LogP contribution in [0.1, 0.15) is 13.8 Å². The lowest BCUT2D eigenvalue weighted by atomic mass is 10.1. The Hall–Kier alpha value is -0.580. The number of anilines is 1. The summed E-state index contributed by atoms with van der Waals surface area (Å²) in [4.78, 5) is 11.6. The van der Waals surface area contributed by atoms with E-state index in [2.05, 4.69) is 5.32 Å². The van der Waals surface area contributed by atoms with Crippen LogP contribution in [0.3, 0.4) is 0 Å². The number of halogens is 1. The summed E-state index contributed by atoms with van der Waals surface area (Å²) in [5.41, 5.74) is -0.211. The summed E-state index contributed by atoms with van der Waals surface area (Å²) < 4.78 is 5.61. The monoisotopic (exact) mass is 233 g/mol. The first-order valence-corrected chi connectivity index (χ1v) is 5.32. The molecule has 1 amide bonds. The summed E-state index contributed by atoms with van der Waals surface area (Å²) >= 11 is 7.21. The largest absolute Gasteiger partial charge is 0.369 e. The van der Waals surface area contributed by atoms with Gasteiger partial charge in [-0.1, -0.05) is 11.6 Å². The van der Waals surface area contributed by atoms with E-state index in [9.17, 15) is 4.79 Å². The Morgan fingerprint density at radius 2 is 2.29 bits per heavy atom. The van der Waals surface area contributed by atoms with E-state index in [4.69, 9.17) is 16.3 Å². The highest BCUT2D eigenvalue weighted by Gasteiger charge is 2.27. The zero-order valence-electron chi connectivity index (χ0n) is 8.26. The molecule has 1 aromatic heterocycles. The maximum atomic E-state index is 11.6. The molecule has 0 fully saturated rings. The first kappa shape index (κ1) is 11.5. The van der Waals surface area contributed by atoms with Crippen LogP contribution in [0, 0.1) is 0 Å². The van der Waals surface area contributed by atoms with Crippen molar-refractivity contribution in [1.82, 2.24) is 0 Å². The van der Waals surface area contributed by atoms with Crippen LogP contribution in [0.15, 0.2) is 11.4 Å². The topological polar surface area (TPSA) is 38.3 Å². The van der Waals surface area contributed by atoms with Crippen LogP contribution in [0.2, 0.25) is 4.34 Å². The number of hydrogen-bond acceptors (Lipinski definition) is 3. The highest BCUT2D eigenvalue weighted by atomic mass is 35.5. The molecule has 1 heterocycles. The summed E-state index contributed by atoms with van der Waals surface area (Å²) in [6.07, 6.45) is 0. The molecular formula is C9H12ClNO2S. The van der Waals surface area contributed by atoms with E-state index in [0.717, 1.165) is 0 Å². The number of thiophene rings is 1. The van der Waals surface area contributed by atoms with Gasteiger partial charge in [-0.3, -0.25) is 4.79 Å². The molecule has 1 aromatic rings.